The summed E-state index contributed by atoms with van der Waals surface area (Å²) in [6.07, 6.45) is 0.611. The summed E-state index contributed by atoms with van der Waals surface area (Å²) in [5, 5.41) is 9.19. The highest BCUT2D eigenvalue weighted by atomic mass is 19.1. The van der Waals surface area contributed by atoms with Gasteiger partial charge in [-0.3, -0.25) is 19.3 Å². The zero-order chi connectivity index (χ0) is 29.3. The quantitative estimate of drug-likeness (QED) is 0.326. The van der Waals surface area contributed by atoms with Crippen LogP contribution in [0.25, 0.3) is 0 Å². The van der Waals surface area contributed by atoms with Gasteiger partial charge in [0.15, 0.2) is 0 Å². The highest BCUT2D eigenvalue weighted by Gasteiger charge is 2.51. The number of carbonyl (C=O) groups excluding carboxylic acids is 3. The number of para-hydroxylation sites is 1. The van der Waals surface area contributed by atoms with Gasteiger partial charge in [0, 0.05) is 55.2 Å². The molecule has 2 aliphatic rings. The number of nitrogens with zero attached hydrogens (tertiary/aromatic N) is 1. The summed E-state index contributed by atoms with van der Waals surface area (Å²) >= 11 is 0. The Kier molecular flexibility index (Phi) is 7.68. The number of nitrogens with one attached hydrogen (secondary N) is 3. The van der Waals surface area contributed by atoms with E-state index >= 15 is 0 Å². The number of ether oxygens (including phenoxy) is 1. The van der Waals surface area contributed by atoms with Gasteiger partial charge in [0.1, 0.15) is 22.9 Å². The highest BCUT2D eigenvalue weighted by molar-refractivity contribution is 6.08. The summed E-state index contributed by atoms with van der Waals surface area (Å²) in [5.41, 5.74) is 7.22. The Labute approximate surface area is 238 Å². The molecule has 41 heavy (non-hydrogen) atoms. The number of anilines is 2. The molecule has 1 unspecified atom stereocenters. The predicted octanol–water partition coefficient (Wildman–Crippen LogP) is 4.31. The molecule has 5 N–H and O–H groups in total. The minimum Gasteiger partial charge on any atom is -0.457 e. The van der Waals surface area contributed by atoms with Gasteiger partial charge in [-0.1, -0.05) is 18.2 Å². The van der Waals surface area contributed by atoms with Gasteiger partial charge in [0.05, 0.1) is 11.4 Å². The zero-order valence-electron chi connectivity index (χ0n) is 23.3. The number of nitrogens with two attached hydrogens (primary N) is 1. The first-order valence-electron chi connectivity index (χ1n) is 13.7. The van der Waals surface area contributed by atoms with Crippen LogP contribution < -0.4 is 26.4 Å². The van der Waals surface area contributed by atoms with Crippen LogP contribution in [0.15, 0.2) is 60.7 Å². The lowest BCUT2D eigenvalue weighted by Crippen LogP contribution is -2.59. The molecule has 10 heteroatoms. The summed E-state index contributed by atoms with van der Waals surface area (Å²) in [7, 11) is 0. The van der Waals surface area contributed by atoms with E-state index in [-0.39, 0.29) is 23.8 Å². The van der Waals surface area contributed by atoms with Crippen LogP contribution >= 0.6 is 0 Å². The molecule has 5 rings (SSSR count). The van der Waals surface area contributed by atoms with Crippen molar-refractivity contribution in [2.45, 2.75) is 44.7 Å². The average molecular weight is 560 g/mol. The second kappa shape index (κ2) is 11.2. The molecule has 3 aromatic carbocycles. The molecule has 9 nitrogen and oxygen atoms in total. The molecule has 0 aliphatic carbocycles. The van der Waals surface area contributed by atoms with Crippen molar-refractivity contribution in [3.63, 3.8) is 0 Å². The number of halogens is 1. The third-order valence-electron chi connectivity index (χ3n) is 7.99. The van der Waals surface area contributed by atoms with Crippen molar-refractivity contribution in [2.75, 3.05) is 30.3 Å². The molecule has 2 heterocycles. The Morgan fingerprint density at radius 2 is 1.90 bits per heavy atom. The minimum atomic E-state index is -1.12. The number of hydrogen-bond acceptors (Lipinski definition) is 6. The largest absolute Gasteiger partial charge is 0.457 e. The normalized spacial score (nSPS) is 22.0. The maximum atomic E-state index is 14.7. The number of benzene rings is 3. The first-order chi connectivity index (χ1) is 19.6. The fourth-order valence-corrected chi connectivity index (χ4v) is 5.96. The second-order valence-electron chi connectivity index (χ2n) is 10.6. The topological polar surface area (TPSA) is 126 Å². The Morgan fingerprint density at radius 3 is 2.59 bits per heavy atom. The Bertz CT molecular complexity index is 1490. The third-order valence-corrected chi connectivity index (χ3v) is 7.99. The molecule has 0 bridgehead atoms. The van der Waals surface area contributed by atoms with E-state index in [1.807, 2.05) is 36.1 Å². The lowest BCUT2D eigenvalue weighted by atomic mass is 9.81. The van der Waals surface area contributed by atoms with Crippen LogP contribution in [0, 0.1) is 5.82 Å². The van der Waals surface area contributed by atoms with E-state index in [1.54, 1.807) is 31.2 Å². The van der Waals surface area contributed by atoms with Crippen molar-refractivity contribution < 1.29 is 23.5 Å². The molecule has 3 atom stereocenters. The van der Waals surface area contributed by atoms with E-state index in [0.29, 0.717) is 60.1 Å². The number of carbonyl (C=O) groups is 3. The summed E-state index contributed by atoms with van der Waals surface area (Å²) < 4.78 is 20.9. The van der Waals surface area contributed by atoms with Crippen LogP contribution in [-0.2, 0) is 15.1 Å². The average Bonchev–Trinajstić information content (AvgIpc) is 3.20. The van der Waals surface area contributed by atoms with Crippen LogP contribution in [0.2, 0.25) is 0 Å². The maximum Gasteiger partial charge on any atom is 0.249 e. The fraction of sp³-hybridized carbons (Fsp3) is 0.323. The van der Waals surface area contributed by atoms with Crippen LogP contribution in [0.4, 0.5) is 15.8 Å². The van der Waals surface area contributed by atoms with Gasteiger partial charge in [-0.15, -0.1) is 0 Å². The highest BCUT2D eigenvalue weighted by Crippen LogP contribution is 2.47. The molecule has 214 valence electrons. The van der Waals surface area contributed by atoms with Crippen molar-refractivity contribution in [3.8, 4) is 11.5 Å². The SMILES string of the molecule is CCNc1cc(F)cc2c1NC(=O)C2(C)N1CC[C@H](c2ccccc2Oc2ccc(C(N)=O)cc2)[C@@H](NC(C)=O)C1. The standard InChI is InChI=1S/C31H34FN5O4/c1-4-34-25-16-20(32)15-24-28(25)36-30(40)31(24,3)37-14-13-22(26(17-37)35-18(2)38)23-7-5-6-8-27(23)41-21-11-9-19(10-12-21)29(33)39/h5-12,15-16,22,26,34H,4,13-14,17H2,1-3H3,(H2,33,39)(H,35,38)(H,36,40)/t22-,26+,31?/m1/s1. The Balaban J connectivity index is 1.45. The van der Waals surface area contributed by atoms with E-state index in [2.05, 4.69) is 16.0 Å². The summed E-state index contributed by atoms with van der Waals surface area (Å²) in [4.78, 5) is 39.3. The molecule has 2 aliphatic heterocycles. The van der Waals surface area contributed by atoms with Gasteiger partial charge >= 0.3 is 0 Å². The van der Waals surface area contributed by atoms with Crippen molar-refractivity contribution in [1.29, 1.82) is 0 Å². The van der Waals surface area contributed by atoms with Gasteiger partial charge in [0.2, 0.25) is 17.7 Å². The summed E-state index contributed by atoms with van der Waals surface area (Å²) in [5.74, 6) is -0.319. The van der Waals surface area contributed by atoms with Gasteiger partial charge < -0.3 is 26.4 Å². The number of hydrogen-bond donors (Lipinski definition) is 4. The second-order valence-corrected chi connectivity index (χ2v) is 10.6. The van der Waals surface area contributed by atoms with E-state index < -0.39 is 17.3 Å². The molecular formula is C31H34FN5O4. The molecule has 0 radical (unpaired) electrons. The van der Waals surface area contributed by atoms with Crippen molar-refractivity contribution >= 4 is 29.1 Å². The number of likely N-dealkylation sites (tertiary alicyclic amines) is 1. The number of primary amides is 1. The monoisotopic (exact) mass is 559 g/mol. The zero-order valence-corrected chi connectivity index (χ0v) is 23.3. The molecule has 0 saturated carbocycles. The fourth-order valence-electron chi connectivity index (χ4n) is 5.96. The number of fused-ring (bicyclic) bond motifs is 1. The summed E-state index contributed by atoms with van der Waals surface area (Å²) in [6, 6.07) is 16.7. The van der Waals surface area contributed by atoms with Gasteiger partial charge in [-0.2, -0.15) is 0 Å². The lowest BCUT2D eigenvalue weighted by molar-refractivity contribution is -0.128. The van der Waals surface area contributed by atoms with Crippen LogP contribution in [0.1, 0.15) is 54.6 Å². The lowest BCUT2D eigenvalue weighted by Gasteiger charge is -2.45. The smallest absolute Gasteiger partial charge is 0.249 e. The van der Waals surface area contributed by atoms with Crippen LogP contribution in [-0.4, -0.2) is 48.3 Å². The minimum absolute atomic E-state index is 0.117. The van der Waals surface area contributed by atoms with Gasteiger partial charge in [-0.25, -0.2) is 4.39 Å². The first-order valence-corrected chi connectivity index (χ1v) is 13.7. The molecule has 1 fully saturated rings. The summed E-state index contributed by atoms with van der Waals surface area (Å²) in [6.45, 7) is 6.65. The molecule has 1 saturated heterocycles. The third kappa shape index (κ3) is 5.35. The molecule has 3 amide bonds. The predicted molar refractivity (Wildman–Crippen MR) is 155 cm³/mol. The molecule has 0 aromatic heterocycles. The number of rotatable bonds is 8. The van der Waals surface area contributed by atoms with E-state index in [4.69, 9.17) is 10.5 Å². The van der Waals surface area contributed by atoms with Crippen LogP contribution in [0.5, 0.6) is 11.5 Å². The van der Waals surface area contributed by atoms with Crippen LogP contribution in [0.3, 0.4) is 0 Å². The Morgan fingerprint density at radius 1 is 1.17 bits per heavy atom. The first kappa shape index (κ1) is 28.1. The molecular weight excluding hydrogens is 525 g/mol. The molecule has 0 spiro atoms. The maximum absolute atomic E-state index is 14.7. The van der Waals surface area contributed by atoms with Crippen molar-refractivity contribution in [3.05, 3.63) is 83.2 Å². The molecule has 3 aromatic rings. The van der Waals surface area contributed by atoms with E-state index in [9.17, 15) is 18.8 Å². The number of piperidine rings is 1. The van der Waals surface area contributed by atoms with E-state index in [0.717, 1.165) is 5.56 Å². The van der Waals surface area contributed by atoms with E-state index in [1.165, 1.54) is 19.1 Å². The van der Waals surface area contributed by atoms with Gasteiger partial charge in [-0.05, 0) is 62.7 Å². The Hall–Kier alpha value is -4.44. The van der Waals surface area contributed by atoms with Crippen molar-refractivity contribution in [2.24, 2.45) is 5.73 Å². The number of amides is 3. The van der Waals surface area contributed by atoms with Gasteiger partial charge in [0.25, 0.3) is 0 Å². The van der Waals surface area contributed by atoms with Crippen molar-refractivity contribution in [1.82, 2.24) is 10.2 Å².